The van der Waals surface area contributed by atoms with E-state index in [1.54, 1.807) is 0 Å². The van der Waals surface area contributed by atoms with Gasteiger partial charge in [0.1, 0.15) is 71.0 Å². The number of piperazine rings is 1. The lowest BCUT2D eigenvalue weighted by atomic mass is 10.1. The zero-order valence-corrected chi connectivity index (χ0v) is 52.5. The van der Waals surface area contributed by atoms with Gasteiger partial charge >= 0.3 is 0 Å². The summed E-state index contributed by atoms with van der Waals surface area (Å²) in [5.74, 6) is 7.64. The Kier molecular flexibility index (Phi) is 20.4. The number of H-pyrrole nitrogens is 4. The van der Waals surface area contributed by atoms with Crippen LogP contribution < -0.4 is 28.4 Å². The predicted octanol–water partition coefficient (Wildman–Crippen LogP) is 10.3. The first-order chi connectivity index (χ1) is 42.8. The number of benzene rings is 6. The van der Waals surface area contributed by atoms with Crippen molar-refractivity contribution in [2.24, 2.45) is 0 Å². The van der Waals surface area contributed by atoms with Crippen LogP contribution in [0, 0.1) is 0 Å². The van der Waals surface area contributed by atoms with Crippen LogP contribution in [0.3, 0.4) is 0 Å². The normalized spacial score (nSPS) is 13.4. The summed E-state index contributed by atoms with van der Waals surface area (Å²) in [5.41, 5.74) is 10.6. The Morgan fingerprint density at radius 2 is 0.636 bits per heavy atom. The molecule has 6 aromatic carbocycles. The second-order valence-electron chi connectivity index (χ2n) is 23.9. The average molecular weight is 1200 g/mol. The van der Waals surface area contributed by atoms with Crippen LogP contribution >= 0.6 is 0 Å². The van der Waals surface area contributed by atoms with E-state index in [0.29, 0.717) is 39.6 Å². The lowest BCUT2D eigenvalue weighted by Crippen LogP contribution is -2.48. The van der Waals surface area contributed by atoms with Gasteiger partial charge in [0, 0.05) is 101 Å². The average Bonchev–Trinajstić information content (AvgIpc) is 2.21. The molecular formula is C68H86N14O6. The van der Waals surface area contributed by atoms with Crippen molar-refractivity contribution >= 4 is 44.1 Å². The molecule has 4 N–H and O–H groups in total. The highest BCUT2D eigenvalue weighted by Crippen LogP contribution is 2.37. The molecular weight excluding hydrogens is 1110 g/mol. The number of hydrogen-bond donors (Lipinski definition) is 4. The van der Waals surface area contributed by atoms with Gasteiger partial charge in [-0.15, -0.1) is 0 Å². The SMILES string of the molecule is CN(C)CCCOc1ccc2nc(-c3ccc(-c4nc5ccc(OCCCN(C)C)cc5[nH]4)c(OCCN4CCN(CCOc5cc(-c6nc7ccc(OCCCN(C)C)cc7[nH]6)ccc5-c5nc6ccc(OCCCN(C)C)cc6[nH]5)CC4)c3)[nH]c2c1. The van der Waals surface area contributed by atoms with Crippen molar-refractivity contribution in [3.63, 3.8) is 0 Å². The van der Waals surface area contributed by atoms with Gasteiger partial charge in [-0.3, -0.25) is 9.80 Å². The van der Waals surface area contributed by atoms with E-state index in [-0.39, 0.29) is 0 Å². The second-order valence-corrected chi connectivity index (χ2v) is 23.9. The molecule has 1 fully saturated rings. The quantitative estimate of drug-likeness (QED) is 0.0291. The van der Waals surface area contributed by atoms with Crippen molar-refractivity contribution in [2.75, 3.05) is 161 Å². The number of rotatable bonds is 32. The largest absolute Gasteiger partial charge is 0.493 e. The van der Waals surface area contributed by atoms with Gasteiger partial charge in [0.05, 0.1) is 81.7 Å². The fraction of sp³-hybridized carbons (Fsp3) is 0.412. The van der Waals surface area contributed by atoms with Gasteiger partial charge in [-0.25, -0.2) is 19.9 Å². The lowest BCUT2D eigenvalue weighted by Gasteiger charge is -2.34. The van der Waals surface area contributed by atoms with Crippen LogP contribution in [0.2, 0.25) is 0 Å². The van der Waals surface area contributed by atoms with Gasteiger partial charge < -0.3 is 68.0 Å². The fourth-order valence-corrected chi connectivity index (χ4v) is 10.9. The molecule has 1 aliphatic heterocycles. The molecule has 88 heavy (non-hydrogen) atoms. The van der Waals surface area contributed by atoms with E-state index in [2.05, 4.69) is 142 Å². The molecule has 1 saturated heterocycles. The minimum absolute atomic E-state index is 0.489. The summed E-state index contributed by atoms with van der Waals surface area (Å²) >= 11 is 0. The van der Waals surface area contributed by atoms with Gasteiger partial charge in [0.25, 0.3) is 0 Å². The summed E-state index contributed by atoms with van der Waals surface area (Å²) in [6, 6.07) is 36.5. The van der Waals surface area contributed by atoms with E-state index in [1.807, 2.05) is 72.8 Å². The first-order valence-electron chi connectivity index (χ1n) is 30.9. The van der Waals surface area contributed by atoms with Gasteiger partial charge in [-0.1, -0.05) is 12.1 Å². The van der Waals surface area contributed by atoms with Crippen molar-refractivity contribution in [3.8, 4) is 80.0 Å². The molecule has 5 heterocycles. The summed E-state index contributed by atoms with van der Waals surface area (Å²) < 4.78 is 38.1. The maximum absolute atomic E-state index is 6.80. The monoisotopic (exact) mass is 1190 g/mol. The second kappa shape index (κ2) is 29.2. The van der Waals surface area contributed by atoms with E-state index in [4.69, 9.17) is 48.4 Å². The number of imidazole rings is 4. The molecule has 10 aromatic rings. The summed E-state index contributed by atoms with van der Waals surface area (Å²) in [5, 5.41) is 0. The summed E-state index contributed by atoms with van der Waals surface area (Å²) in [6.07, 6.45) is 3.77. The highest BCUT2D eigenvalue weighted by Gasteiger charge is 2.21. The molecule has 0 spiro atoms. The van der Waals surface area contributed by atoms with Crippen molar-refractivity contribution in [1.29, 1.82) is 0 Å². The Morgan fingerprint density at radius 3 is 0.943 bits per heavy atom. The zero-order chi connectivity index (χ0) is 60.9. The molecule has 20 nitrogen and oxygen atoms in total. The number of nitrogens with one attached hydrogen (secondary N) is 4. The van der Waals surface area contributed by atoms with E-state index in [9.17, 15) is 0 Å². The van der Waals surface area contributed by atoms with Crippen LogP contribution in [-0.4, -0.2) is 231 Å². The third-order valence-corrected chi connectivity index (χ3v) is 15.7. The van der Waals surface area contributed by atoms with Crippen molar-refractivity contribution in [1.82, 2.24) is 69.3 Å². The van der Waals surface area contributed by atoms with Crippen LogP contribution in [0.15, 0.2) is 109 Å². The molecule has 464 valence electrons. The molecule has 11 rings (SSSR count). The van der Waals surface area contributed by atoms with Crippen molar-refractivity contribution < 1.29 is 28.4 Å². The Labute approximate surface area is 516 Å². The van der Waals surface area contributed by atoms with Gasteiger partial charge in [-0.2, -0.15) is 0 Å². The summed E-state index contributed by atoms with van der Waals surface area (Å²) in [6.45, 7) is 12.5. The maximum Gasteiger partial charge on any atom is 0.142 e. The number of ether oxygens (including phenoxy) is 6. The highest BCUT2D eigenvalue weighted by atomic mass is 16.5. The number of aromatic amines is 4. The molecule has 4 aromatic heterocycles. The van der Waals surface area contributed by atoms with E-state index in [0.717, 1.165) is 215 Å². The number of nitrogens with zero attached hydrogens (tertiary/aromatic N) is 10. The first kappa shape index (κ1) is 61.4. The van der Waals surface area contributed by atoms with Crippen LogP contribution in [0.5, 0.6) is 34.5 Å². The van der Waals surface area contributed by atoms with Crippen LogP contribution in [0.1, 0.15) is 25.7 Å². The van der Waals surface area contributed by atoms with Gasteiger partial charge in [0.2, 0.25) is 0 Å². The van der Waals surface area contributed by atoms with Gasteiger partial charge in [-0.05, 0) is 155 Å². The molecule has 1 aliphatic rings. The van der Waals surface area contributed by atoms with Crippen molar-refractivity contribution in [2.45, 2.75) is 25.7 Å². The Balaban J connectivity index is 0.754. The minimum Gasteiger partial charge on any atom is -0.493 e. The minimum atomic E-state index is 0.489. The smallest absolute Gasteiger partial charge is 0.142 e. The molecule has 0 aliphatic carbocycles. The number of fused-ring (bicyclic) bond motifs is 4. The van der Waals surface area contributed by atoms with Crippen LogP contribution in [0.25, 0.3) is 89.7 Å². The summed E-state index contributed by atoms with van der Waals surface area (Å²) in [4.78, 5) is 47.9. The van der Waals surface area contributed by atoms with E-state index < -0.39 is 0 Å². The lowest BCUT2D eigenvalue weighted by molar-refractivity contribution is 0.105. The molecule has 0 saturated carbocycles. The van der Waals surface area contributed by atoms with Crippen molar-refractivity contribution in [3.05, 3.63) is 109 Å². The fourth-order valence-electron chi connectivity index (χ4n) is 10.9. The predicted molar refractivity (Wildman–Crippen MR) is 352 cm³/mol. The Morgan fingerprint density at radius 1 is 0.341 bits per heavy atom. The third kappa shape index (κ3) is 16.3. The van der Waals surface area contributed by atoms with Gasteiger partial charge in [0.15, 0.2) is 0 Å². The molecule has 0 atom stereocenters. The third-order valence-electron chi connectivity index (χ3n) is 15.7. The zero-order valence-electron chi connectivity index (χ0n) is 52.5. The molecule has 0 radical (unpaired) electrons. The Hall–Kier alpha value is -8.24. The standard InChI is InChI=1S/C68H86N14O6/c1-77(2)25-9-35-83-49-15-21-55-59(43-49)73-65(69-55)47-13-19-53(67-71-57-23-17-51(45-61(57)75-67)85-37-11-27-79(5)6)63(41-47)87-39-33-81-29-31-82(32-30-81)34-40-88-64-42-48(66-70-56-22-16-50(44-60(56)74-66)84-36-10-26-78(3)4)14-20-54(64)68-72-58-24-18-52(46-62(58)76-68)86-38-12-28-80(7)8/h13-24,41-46H,9-12,25-40H2,1-8H3,(H,69,73)(H,70,74)(H,71,75)(H,72,76). The van der Waals surface area contributed by atoms with Crippen LogP contribution in [0.4, 0.5) is 0 Å². The maximum atomic E-state index is 6.80. The molecule has 0 unspecified atom stereocenters. The molecule has 0 amide bonds. The highest BCUT2D eigenvalue weighted by molar-refractivity contribution is 5.86. The van der Waals surface area contributed by atoms with Crippen LogP contribution in [-0.2, 0) is 0 Å². The summed E-state index contributed by atoms with van der Waals surface area (Å²) in [7, 11) is 16.6. The Bertz CT molecular complexity index is 3630. The molecule has 0 bridgehead atoms. The van der Waals surface area contributed by atoms with E-state index >= 15 is 0 Å². The van der Waals surface area contributed by atoms with E-state index in [1.165, 1.54) is 0 Å². The number of hydrogen-bond acceptors (Lipinski definition) is 16. The first-order valence-corrected chi connectivity index (χ1v) is 30.9. The molecule has 20 heteroatoms. The number of aromatic nitrogens is 8. The topological polar surface area (TPSA) is 190 Å².